The SMILES string of the molecule is Clc1ccccc1-n1ccc([C@@H]2OCCN2Cc2ccco2)c1. The summed E-state index contributed by atoms with van der Waals surface area (Å²) < 4.78 is 13.4. The fourth-order valence-corrected chi connectivity index (χ4v) is 3.18. The zero-order valence-electron chi connectivity index (χ0n) is 12.6. The molecular formula is C18H17ClN2O2. The fraction of sp³-hybridized carbons (Fsp3) is 0.222. The Morgan fingerprint density at radius 1 is 1.13 bits per heavy atom. The molecular weight excluding hydrogens is 312 g/mol. The van der Waals surface area contributed by atoms with Gasteiger partial charge in [-0.2, -0.15) is 0 Å². The smallest absolute Gasteiger partial charge is 0.138 e. The number of rotatable bonds is 4. The first-order chi connectivity index (χ1) is 11.3. The van der Waals surface area contributed by atoms with Gasteiger partial charge in [0.05, 0.1) is 30.1 Å². The summed E-state index contributed by atoms with van der Waals surface area (Å²) in [6.07, 6.45) is 5.74. The summed E-state index contributed by atoms with van der Waals surface area (Å²) in [5.74, 6) is 0.950. The molecule has 1 aromatic carbocycles. The molecule has 0 N–H and O–H groups in total. The molecule has 0 bridgehead atoms. The molecule has 118 valence electrons. The Labute approximate surface area is 139 Å². The topological polar surface area (TPSA) is 30.5 Å². The lowest BCUT2D eigenvalue weighted by Gasteiger charge is -2.21. The predicted molar refractivity (Wildman–Crippen MR) is 88.6 cm³/mol. The minimum atomic E-state index is -0.0520. The second-order valence-electron chi connectivity index (χ2n) is 5.58. The molecule has 1 atom stereocenters. The quantitative estimate of drug-likeness (QED) is 0.717. The predicted octanol–water partition coefficient (Wildman–Crippen LogP) is 4.25. The number of hydrogen-bond acceptors (Lipinski definition) is 3. The van der Waals surface area contributed by atoms with Gasteiger partial charge in [-0.05, 0) is 30.3 Å². The number of furan rings is 1. The zero-order valence-corrected chi connectivity index (χ0v) is 13.3. The molecule has 1 fully saturated rings. The van der Waals surface area contributed by atoms with Crippen LogP contribution >= 0.6 is 11.6 Å². The molecule has 4 nitrogen and oxygen atoms in total. The van der Waals surface area contributed by atoms with Gasteiger partial charge in [0, 0.05) is 24.5 Å². The van der Waals surface area contributed by atoms with Crippen LogP contribution in [-0.2, 0) is 11.3 Å². The number of hydrogen-bond donors (Lipinski definition) is 0. The van der Waals surface area contributed by atoms with E-state index in [2.05, 4.69) is 17.2 Å². The van der Waals surface area contributed by atoms with E-state index in [0.29, 0.717) is 0 Å². The standard InChI is InChI=1S/C18H17ClN2O2/c19-16-5-1-2-6-17(16)20-8-7-14(12-20)18-21(9-11-23-18)13-15-4-3-10-22-15/h1-8,10,12,18H,9,11,13H2/t18-/m0/s1. The average molecular weight is 329 g/mol. The molecule has 1 aliphatic rings. The highest BCUT2D eigenvalue weighted by Gasteiger charge is 2.28. The summed E-state index contributed by atoms with van der Waals surface area (Å²) >= 11 is 6.28. The van der Waals surface area contributed by atoms with E-state index in [4.69, 9.17) is 20.8 Å². The van der Waals surface area contributed by atoms with Crippen molar-refractivity contribution in [1.82, 2.24) is 9.47 Å². The van der Waals surface area contributed by atoms with Crippen LogP contribution in [0, 0.1) is 0 Å². The molecule has 3 aromatic rings. The number of para-hydroxylation sites is 1. The van der Waals surface area contributed by atoms with Crippen molar-refractivity contribution in [3.63, 3.8) is 0 Å². The Kier molecular flexibility index (Phi) is 3.95. The summed E-state index contributed by atoms with van der Waals surface area (Å²) in [7, 11) is 0. The lowest BCUT2D eigenvalue weighted by Crippen LogP contribution is -2.22. The number of halogens is 1. The summed E-state index contributed by atoms with van der Waals surface area (Å²) in [6.45, 7) is 2.36. The van der Waals surface area contributed by atoms with Gasteiger partial charge in [-0.1, -0.05) is 23.7 Å². The first kappa shape index (κ1) is 14.6. The van der Waals surface area contributed by atoms with E-state index in [1.165, 1.54) is 0 Å². The lowest BCUT2D eigenvalue weighted by atomic mass is 10.2. The molecule has 0 unspecified atom stereocenters. The van der Waals surface area contributed by atoms with Crippen LogP contribution in [0.15, 0.2) is 65.5 Å². The van der Waals surface area contributed by atoms with Gasteiger partial charge in [0.2, 0.25) is 0 Å². The second kappa shape index (κ2) is 6.24. The first-order valence-corrected chi connectivity index (χ1v) is 8.00. The first-order valence-electron chi connectivity index (χ1n) is 7.62. The van der Waals surface area contributed by atoms with Gasteiger partial charge in [0.1, 0.15) is 12.0 Å². The molecule has 1 aliphatic heterocycles. The minimum absolute atomic E-state index is 0.0520. The normalized spacial score (nSPS) is 18.6. The maximum atomic E-state index is 6.28. The molecule has 5 heteroatoms. The van der Waals surface area contributed by atoms with Gasteiger partial charge in [0.25, 0.3) is 0 Å². The van der Waals surface area contributed by atoms with E-state index < -0.39 is 0 Å². The molecule has 0 amide bonds. The van der Waals surface area contributed by atoms with E-state index in [9.17, 15) is 0 Å². The van der Waals surface area contributed by atoms with Gasteiger partial charge in [-0.15, -0.1) is 0 Å². The summed E-state index contributed by atoms with van der Waals surface area (Å²) in [5, 5.41) is 0.731. The largest absolute Gasteiger partial charge is 0.468 e. The van der Waals surface area contributed by atoms with Crippen LogP contribution in [-0.4, -0.2) is 22.6 Å². The van der Waals surface area contributed by atoms with Crippen LogP contribution in [0.2, 0.25) is 5.02 Å². The van der Waals surface area contributed by atoms with E-state index in [1.807, 2.05) is 47.2 Å². The molecule has 0 aliphatic carbocycles. The van der Waals surface area contributed by atoms with Gasteiger partial charge in [-0.3, -0.25) is 4.90 Å². The van der Waals surface area contributed by atoms with Crippen molar-refractivity contribution < 1.29 is 9.15 Å². The van der Waals surface area contributed by atoms with Gasteiger partial charge in [0.15, 0.2) is 0 Å². The van der Waals surface area contributed by atoms with E-state index >= 15 is 0 Å². The van der Waals surface area contributed by atoms with Gasteiger partial charge in [-0.25, -0.2) is 0 Å². The highest BCUT2D eigenvalue weighted by atomic mass is 35.5. The molecule has 3 heterocycles. The highest BCUT2D eigenvalue weighted by molar-refractivity contribution is 6.32. The molecule has 4 rings (SSSR count). The fourth-order valence-electron chi connectivity index (χ4n) is 2.95. The molecule has 0 radical (unpaired) electrons. The second-order valence-corrected chi connectivity index (χ2v) is 5.98. The Hall–Kier alpha value is -2.01. The van der Waals surface area contributed by atoms with Crippen LogP contribution in [0.1, 0.15) is 17.6 Å². The van der Waals surface area contributed by atoms with Crippen LogP contribution in [0.4, 0.5) is 0 Å². The number of ether oxygens (including phenoxy) is 1. The molecule has 2 aromatic heterocycles. The Balaban J connectivity index is 1.57. The van der Waals surface area contributed by atoms with Crippen LogP contribution in [0.5, 0.6) is 0 Å². The summed E-state index contributed by atoms with van der Waals surface area (Å²) in [5.41, 5.74) is 2.09. The van der Waals surface area contributed by atoms with Crippen molar-refractivity contribution in [3.8, 4) is 5.69 Å². The maximum Gasteiger partial charge on any atom is 0.138 e. The number of benzene rings is 1. The summed E-state index contributed by atoms with van der Waals surface area (Å²) in [6, 6.07) is 13.8. The van der Waals surface area contributed by atoms with Crippen molar-refractivity contribution in [2.45, 2.75) is 12.8 Å². The number of aromatic nitrogens is 1. The van der Waals surface area contributed by atoms with Crippen molar-refractivity contribution >= 4 is 11.6 Å². The van der Waals surface area contributed by atoms with Gasteiger partial charge >= 0.3 is 0 Å². The third-order valence-corrected chi connectivity index (χ3v) is 4.38. The molecule has 1 saturated heterocycles. The third-order valence-electron chi connectivity index (χ3n) is 4.06. The van der Waals surface area contributed by atoms with Crippen molar-refractivity contribution in [2.24, 2.45) is 0 Å². The molecule has 23 heavy (non-hydrogen) atoms. The van der Waals surface area contributed by atoms with Crippen molar-refractivity contribution in [3.05, 3.63) is 77.5 Å². The minimum Gasteiger partial charge on any atom is -0.468 e. The monoisotopic (exact) mass is 328 g/mol. The molecule has 0 spiro atoms. The highest BCUT2D eigenvalue weighted by Crippen LogP contribution is 2.30. The van der Waals surface area contributed by atoms with Crippen LogP contribution < -0.4 is 0 Å². The van der Waals surface area contributed by atoms with E-state index in [-0.39, 0.29) is 6.23 Å². The van der Waals surface area contributed by atoms with Crippen molar-refractivity contribution in [1.29, 1.82) is 0 Å². The summed E-state index contributed by atoms with van der Waals surface area (Å²) in [4.78, 5) is 2.27. The van der Waals surface area contributed by atoms with Crippen LogP contribution in [0.25, 0.3) is 5.69 Å². The van der Waals surface area contributed by atoms with Crippen molar-refractivity contribution in [2.75, 3.05) is 13.2 Å². The number of nitrogens with zero attached hydrogens (tertiary/aromatic N) is 2. The van der Waals surface area contributed by atoms with Gasteiger partial charge < -0.3 is 13.7 Å². The molecule has 0 saturated carbocycles. The van der Waals surface area contributed by atoms with Crippen LogP contribution in [0.3, 0.4) is 0 Å². The Bertz CT molecular complexity index is 782. The zero-order chi connectivity index (χ0) is 15.6. The average Bonchev–Trinajstić information content (AvgIpc) is 3.28. The third kappa shape index (κ3) is 2.93. The van der Waals surface area contributed by atoms with E-state index in [1.54, 1.807) is 6.26 Å². The maximum absolute atomic E-state index is 6.28. The Morgan fingerprint density at radius 3 is 2.87 bits per heavy atom. The Morgan fingerprint density at radius 2 is 2.04 bits per heavy atom. The lowest BCUT2D eigenvalue weighted by molar-refractivity contribution is 0.0258. The van der Waals surface area contributed by atoms with E-state index in [0.717, 1.165) is 41.7 Å².